The zero-order valence-electron chi connectivity index (χ0n) is 14.7. The first-order valence-electron chi connectivity index (χ1n) is 8.25. The van der Waals surface area contributed by atoms with E-state index < -0.39 is 18.0 Å². The molecule has 2 aromatic carbocycles. The van der Waals surface area contributed by atoms with Crippen LogP contribution in [0.25, 0.3) is 22.0 Å². The van der Waals surface area contributed by atoms with Crippen LogP contribution in [0.1, 0.15) is 12.5 Å². The summed E-state index contributed by atoms with van der Waals surface area (Å²) in [6.45, 7) is 3.19. The third-order valence-electron chi connectivity index (χ3n) is 4.17. The van der Waals surface area contributed by atoms with Crippen molar-refractivity contribution < 1.29 is 14.7 Å². The van der Waals surface area contributed by atoms with Crippen LogP contribution in [-0.2, 0) is 4.79 Å². The lowest BCUT2D eigenvalue weighted by Gasteiger charge is -2.14. The van der Waals surface area contributed by atoms with Gasteiger partial charge in [0.15, 0.2) is 0 Å². The Kier molecular flexibility index (Phi) is 4.89. The molecule has 3 rings (SSSR count). The van der Waals surface area contributed by atoms with E-state index in [0.717, 1.165) is 5.56 Å². The van der Waals surface area contributed by atoms with E-state index in [9.17, 15) is 14.4 Å². The van der Waals surface area contributed by atoms with Crippen LogP contribution >= 0.6 is 0 Å². The summed E-state index contributed by atoms with van der Waals surface area (Å²) in [5, 5.41) is 21.7. The summed E-state index contributed by atoms with van der Waals surface area (Å²) < 4.78 is 0. The molecule has 8 heteroatoms. The number of benzene rings is 2. The second-order valence-corrected chi connectivity index (χ2v) is 6.14. The Bertz CT molecular complexity index is 1090. The fourth-order valence-electron chi connectivity index (χ4n) is 2.66. The number of carboxylic acid groups (broad SMARTS) is 1. The number of amides is 2. The van der Waals surface area contributed by atoms with Gasteiger partial charge in [-0.1, -0.05) is 30.3 Å². The lowest BCUT2D eigenvalue weighted by atomic mass is 10.0. The van der Waals surface area contributed by atoms with Gasteiger partial charge in [-0.25, -0.2) is 9.89 Å². The molecule has 1 aromatic heterocycles. The number of rotatable bonds is 4. The number of aryl methyl sites for hydroxylation is 1. The van der Waals surface area contributed by atoms with Gasteiger partial charge in [0, 0.05) is 16.6 Å². The van der Waals surface area contributed by atoms with E-state index in [-0.39, 0.29) is 5.56 Å². The monoisotopic (exact) mass is 366 g/mol. The first-order chi connectivity index (χ1) is 12.9. The van der Waals surface area contributed by atoms with Crippen molar-refractivity contribution in [1.29, 1.82) is 0 Å². The van der Waals surface area contributed by atoms with Gasteiger partial charge >= 0.3 is 12.0 Å². The van der Waals surface area contributed by atoms with E-state index in [2.05, 4.69) is 20.8 Å². The Hall–Kier alpha value is -3.68. The minimum Gasteiger partial charge on any atom is -0.480 e. The SMILES string of the molecule is Cc1ccc(-c2n[nH]c(=O)c3ccccc23)cc1NC(=O)N[C@@H](C)C(=O)O. The molecule has 0 unspecified atom stereocenters. The predicted molar refractivity (Wildman–Crippen MR) is 102 cm³/mol. The highest BCUT2D eigenvalue weighted by Gasteiger charge is 2.15. The Morgan fingerprint density at radius 2 is 1.85 bits per heavy atom. The summed E-state index contributed by atoms with van der Waals surface area (Å²) in [4.78, 5) is 34.9. The summed E-state index contributed by atoms with van der Waals surface area (Å²) in [7, 11) is 0. The van der Waals surface area contributed by atoms with Crippen LogP contribution in [0.5, 0.6) is 0 Å². The number of nitrogens with zero attached hydrogens (tertiary/aromatic N) is 1. The quantitative estimate of drug-likeness (QED) is 0.565. The van der Waals surface area contributed by atoms with Crippen LogP contribution in [0, 0.1) is 6.92 Å². The lowest BCUT2D eigenvalue weighted by Crippen LogP contribution is -2.40. The fraction of sp³-hybridized carbons (Fsp3) is 0.158. The Balaban J connectivity index is 1.97. The van der Waals surface area contributed by atoms with Gasteiger partial charge in [0.05, 0.1) is 11.1 Å². The van der Waals surface area contributed by atoms with Crippen LogP contribution in [0.4, 0.5) is 10.5 Å². The third-order valence-corrected chi connectivity index (χ3v) is 4.17. The van der Waals surface area contributed by atoms with Crippen molar-refractivity contribution in [1.82, 2.24) is 15.5 Å². The molecular weight excluding hydrogens is 348 g/mol. The average Bonchev–Trinajstić information content (AvgIpc) is 2.64. The standard InChI is InChI=1S/C19H18N4O4/c1-10-7-8-12(9-15(10)21-19(27)20-11(2)18(25)26)16-13-5-3-4-6-14(13)17(24)23-22-16/h3-9,11H,1-2H3,(H,23,24)(H,25,26)(H2,20,21,27)/t11-/m0/s1. The van der Waals surface area contributed by atoms with E-state index in [1.807, 2.05) is 25.1 Å². The number of carbonyl (C=O) groups is 2. The molecular formula is C19H18N4O4. The molecule has 8 nitrogen and oxygen atoms in total. The van der Waals surface area contributed by atoms with E-state index in [4.69, 9.17) is 5.11 Å². The first kappa shape index (κ1) is 18.1. The van der Waals surface area contributed by atoms with E-state index >= 15 is 0 Å². The number of aliphatic carboxylic acids is 1. The summed E-state index contributed by atoms with van der Waals surface area (Å²) in [6.07, 6.45) is 0. The van der Waals surface area contributed by atoms with Gasteiger partial charge in [0.2, 0.25) is 0 Å². The molecule has 3 aromatic rings. The van der Waals surface area contributed by atoms with Crippen molar-refractivity contribution in [3.8, 4) is 11.3 Å². The maximum absolute atomic E-state index is 12.0. The molecule has 0 bridgehead atoms. The number of hydrogen-bond acceptors (Lipinski definition) is 4. The molecule has 0 fully saturated rings. The lowest BCUT2D eigenvalue weighted by molar-refractivity contribution is -0.138. The number of aromatic amines is 1. The number of aromatic nitrogens is 2. The number of H-pyrrole nitrogens is 1. The average molecular weight is 366 g/mol. The van der Waals surface area contributed by atoms with Crippen LogP contribution in [0.15, 0.2) is 47.3 Å². The Morgan fingerprint density at radius 3 is 2.56 bits per heavy atom. The number of carbonyl (C=O) groups excluding carboxylic acids is 1. The Labute approximate surface area is 154 Å². The molecule has 0 saturated carbocycles. The van der Waals surface area contributed by atoms with Gasteiger partial charge in [0.1, 0.15) is 6.04 Å². The molecule has 2 amide bonds. The highest BCUT2D eigenvalue weighted by atomic mass is 16.4. The topological polar surface area (TPSA) is 124 Å². The highest BCUT2D eigenvalue weighted by Crippen LogP contribution is 2.28. The summed E-state index contributed by atoms with van der Waals surface area (Å²) in [5.74, 6) is -1.13. The molecule has 1 atom stereocenters. The molecule has 0 aliphatic heterocycles. The van der Waals surface area contributed by atoms with Gasteiger partial charge in [-0.2, -0.15) is 5.10 Å². The maximum atomic E-state index is 12.0. The van der Waals surface area contributed by atoms with Crippen molar-refractivity contribution in [2.24, 2.45) is 0 Å². The van der Waals surface area contributed by atoms with Crippen LogP contribution in [0.3, 0.4) is 0 Å². The molecule has 0 spiro atoms. The highest BCUT2D eigenvalue weighted by molar-refractivity contribution is 5.96. The summed E-state index contributed by atoms with van der Waals surface area (Å²) in [6, 6.07) is 10.9. The zero-order valence-corrected chi connectivity index (χ0v) is 14.7. The van der Waals surface area contributed by atoms with E-state index in [1.165, 1.54) is 6.92 Å². The Morgan fingerprint density at radius 1 is 1.15 bits per heavy atom. The third kappa shape index (κ3) is 3.79. The number of urea groups is 1. The minimum absolute atomic E-state index is 0.276. The van der Waals surface area contributed by atoms with Crippen molar-refractivity contribution >= 4 is 28.5 Å². The van der Waals surface area contributed by atoms with Crippen molar-refractivity contribution in [3.63, 3.8) is 0 Å². The number of hydrogen-bond donors (Lipinski definition) is 4. The predicted octanol–water partition coefficient (Wildman–Crippen LogP) is 2.49. The molecule has 138 valence electrons. The molecule has 4 N–H and O–H groups in total. The second kappa shape index (κ2) is 7.28. The summed E-state index contributed by atoms with van der Waals surface area (Å²) >= 11 is 0. The van der Waals surface area contributed by atoms with Gasteiger partial charge in [-0.3, -0.25) is 9.59 Å². The molecule has 1 heterocycles. The zero-order chi connectivity index (χ0) is 19.6. The molecule has 0 aliphatic rings. The number of nitrogens with one attached hydrogen (secondary N) is 3. The van der Waals surface area contributed by atoms with Gasteiger partial charge in [-0.05, 0) is 31.5 Å². The maximum Gasteiger partial charge on any atom is 0.325 e. The summed E-state index contributed by atoms with van der Waals surface area (Å²) in [5.41, 5.74) is 2.31. The van der Waals surface area contributed by atoms with Crippen molar-refractivity contribution in [3.05, 3.63) is 58.4 Å². The first-order valence-corrected chi connectivity index (χ1v) is 8.25. The molecule has 0 radical (unpaired) electrons. The molecule has 27 heavy (non-hydrogen) atoms. The van der Waals surface area contributed by atoms with Gasteiger partial charge in [-0.15, -0.1) is 0 Å². The van der Waals surface area contributed by atoms with Crippen LogP contribution < -0.4 is 16.2 Å². The number of anilines is 1. The molecule has 0 saturated heterocycles. The molecule has 0 aliphatic carbocycles. The van der Waals surface area contributed by atoms with E-state index in [0.29, 0.717) is 27.7 Å². The fourth-order valence-corrected chi connectivity index (χ4v) is 2.66. The van der Waals surface area contributed by atoms with Crippen molar-refractivity contribution in [2.75, 3.05) is 5.32 Å². The minimum atomic E-state index is -1.13. The van der Waals surface area contributed by atoms with Gasteiger partial charge < -0.3 is 15.7 Å². The second-order valence-electron chi connectivity index (χ2n) is 6.14. The number of fused-ring (bicyclic) bond motifs is 1. The van der Waals surface area contributed by atoms with Crippen molar-refractivity contribution in [2.45, 2.75) is 19.9 Å². The normalized spacial score (nSPS) is 11.8. The van der Waals surface area contributed by atoms with Gasteiger partial charge in [0.25, 0.3) is 5.56 Å². The smallest absolute Gasteiger partial charge is 0.325 e. The number of carboxylic acids is 1. The van der Waals surface area contributed by atoms with Crippen LogP contribution in [0.2, 0.25) is 0 Å². The van der Waals surface area contributed by atoms with Crippen LogP contribution in [-0.4, -0.2) is 33.3 Å². The van der Waals surface area contributed by atoms with E-state index in [1.54, 1.807) is 24.3 Å². The largest absolute Gasteiger partial charge is 0.480 e.